The van der Waals surface area contributed by atoms with Crippen molar-refractivity contribution in [2.75, 3.05) is 29.5 Å². The third kappa shape index (κ3) is 2.78. The molecule has 2 N–H and O–H groups in total. The van der Waals surface area contributed by atoms with Crippen LogP contribution in [0.1, 0.15) is 20.3 Å². The van der Waals surface area contributed by atoms with E-state index in [0.717, 1.165) is 31.2 Å². The third-order valence-electron chi connectivity index (χ3n) is 2.79. The lowest BCUT2D eigenvalue weighted by Crippen LogP contribution is -2.28. The summed E-state index contributed by atoms with van der Waals surface area (Å²) >= 11 is 2.02. The van der Waals surface area contributed by atoms with E-state index in [-0.39, 0.29) is 0 Å². The van der Waals surface area contributed by atoms with E-state index in [9.17, 15) is 0 Å². The maximum Gasteiger partial charge on any atom is 0.227 e. The summed E-state index contributed by atoms with van der Waals surface area (Å²) in [5, 5.41) is 0. The Bertz CT molecular complexity index is 367. The van der Waals surface area contributed by atoms with E-state index in [4.69, 9.17) is 5.73 Å². The van der Waals surface area contributed by atoms with Crippen LogP contribution in [0.25, 0.3) is 0 Å². The van der Waals surface area contributed by atoms with Gasteiger partial charge >= 0.3 is 0 Å². The van der Waals surface area contributed by atoms with Gasteiger partial charge in [-0.2, -0.15) is 16.7 Å². The molecule has 4 nitrogen and oxygen atoms in total. The van der Waals surface area contributed by atoms with Gasteiger partial charge in [-0.05, 0) is 12.5 Å². The van der Waals surface area contributed by atoms with E-state index < -0.39 is 0 Å². The molecule has 0 bridgehead atoms. The Balaban J connectivity index is 2.11. The summed E-state index contributed by atoms with van der Waals surface area (Å²) in [6.45, 7) is 6.59. The number of thioether (sulfide) groups is 1. The molecule has 16 heavy (non-hydrogen) atoms. The van der Waals surface area contributed by atoms with Gasteiger partial charge < -0.3 is 10.6 Å². The molecule has 1 fully saturated rings. The molecule has 0 aliphatic carbocycles. The van der Waals surface area contributed by atoms with Crippen LogP contribution in [-0.4, -0.2) is 33.6 Å². The lowest BCUT2D eigenvalue weighted by molar-refractivity contribution is 0.632. The molecule has 0 atom stereocenters. The maximum absolute atomic E-state index is 5.67. The van der Waals surface area contributed by atoms with Crippen molar-refractivity contribution in [2.45, 2.75) is 25.0 Å². The predicted molar refractivity (Wildman–Crippen MR) is 69.8 cm³/mol. The second-order valence-corrected chi connectivity index (χ2v) is 6.43. The highest BCUT2D eigenvalue weighted by atomic mass is 32.2. The minimum absolute atomic E-state index is 0.356. The summed E-state index contributed by atoms with van der Waals surface area (Å²) in [5.74, 6) is 2.42. The molecule has 88 valence electrons. The number of hydrogen-bond donors (Lipinski definition) is 1. The summed E-state index contributed by atoms with van der Waals surface area (Å²) in [6, 6.07) is 1.72. The Morgan fingerprint density at radius 2 is 2.25 bits per heavy atom. The molecule has 0 radical (unpaired) electrons. The van der Waals surface area contributed by atoms with Gasteiger partial charge in [0.1, 0.15) is 5.82 Å². The van der Waals surface area contributed by atoms with Gasteiger partial charge in [-0.25, -0.2) is 4.98 Å². The Kier molecular flexibility index (Phi) is 3.23. The van der Waals surface area contributed by atoms with E-state index in [1.54, 1.807) is 12.3 Å². The zero-order valence-corrected chi connectivity index (χ0v) is 10.6. The zero-order valence-electron chi connectivity index (χ0n) is 9.81. The average molecular weight is 238 g/mol. The van der Waals surface area contributed by atoms with Crippen LogP contribution in [0, 0.1) is 0 Å². The average Bonchev–Trinajstić information content (AvgIpc) is 2.39. The van der Waals surface area contributed by atoms with Crippen molar-refractivity contribution < 1.29 is 0 Å². The molecule has 1 aromatic rings. The van der Waals surface area contributed by atoms with E-state index in [1.165, 1.54) is 0 Å². The van der Waals surface area contributed by atoms with Crippen LogP contribution in [0.4, 0.5) is 11.8 Å². The molecule has 0 aromatic carbocycles. The maximum atomic E-state index is 5.67. The predicted octanol–water partition coefficient (Wildman–Crippen LogP) is 1.78. The number of nitrogens with zero attached hydrogens (tertiary/aromatic N) is 3. The molecular weight excluding hydrogens is 220 g/mol. The first-order valence-electron chi connectivity index (χ1n) is 5.54. The summed E-state index contributed by atoms with van der Waals surface area (Å²) in [6.07, 6.45) is 2.87. The fourth-order valence-electron chi connectivity index (χ4n) is 1.73. The van der Waals surface area contributed by atoms with Crippen LogP contribution in [0.5, 0.6) is 0 Å². The highest BCUT2D eigenvalue weighted by Gasteiger charge is 2.24. The number of rotatable bonds is 1. The van der Waals surface area contributed by atoms with E-state index in [2.05, 4.69) is 28.7 Å². The van der Waals surface area contributed by atoms with Crippen LogP contribution in [0.15, 0.2) is 12.3 Å². The smallest absolute Gasteiger partial charge is 0.227 e. The molecule has 2 rings (SSSR count). The van der Waals surface area contributed by atoms with Gasteiger partial charge in [0.2, 0.25) is 5.95 Å². The van der Waals surface area contributed by atoms with E-state index in [1.807, 2.05) is 11.8 Å². The fourth-order valence-corrected chi connectivity index (χ4v) is 2.83. The van der Waals surface area contributed by atoms with Crippen molar-refractivity contribution in [1.82, 2.24) is 9.97 Å². The lowest BCUT2D eigenvalue weighted by Gasteiger charge is -2.22. The minimum Gasteiger partial charge on any atom is -0.384 e. The van der Waals surface area contributed by atoms with Crippen molar-refractivity contribution in [3.05, 3.63) is 12.3 Å². The van der Waals surface area contributed by atoms with Crippen molar-refractivity contribution in [2.24, 2.45) is 0 Å². The molecule has 1 aliphatic heterocycles. The molecule has 0 amide bonds. The summed E-state index contributed by atoms with van der Waals surface area (Å²) in [5.41, 5.74) is 5.67. The van der Waals surface area contributed by atoms with Crippen molar-refractivity contribution in [3.8, 4) is 0 Å². The quantitative estimate of drug-likeness (QED) is 0.808. The van der Waals surface area contributed by atoms with Crippen molar-refractivity contribution >= 4 is 23.5 Å². The molecular formula is C11H18N4S. The summed E-state index contributed by atoms with van der Waals surface area (Å²) in [4.78, 5) is 10.8. The monoisotopic (exact) mass is 238 g/mol. The summed E-state index contributed by atoms with van der Waals surface area (Å²) < 4.78 is 0.356. The number of aromatic nitrogens is 2. The molecule has 0 saturated carbocycles. The first-order valence-corrected chi connectivity index (χ1v) is 6.53. The van der Waals surface area contributed by atoms with Crippen molar-refractivity contribution in [3.63, 3.8) is 0 Å². The largest absolute Gasteiger partial charge is 0.384 e. The molecule has 2 heterocycles. The highest BCUT2D eigenvalue weighted by molar-refractivity contribution is 8.00. The Labute approximate surface area is 101 Å². The summed E-state index contributed by atoms with van der Waals surface area (Å²) in [7, 11) is 0. The third-order valence-corrected chi connectivity index (χ3v) is 4.16. The Hall–Kier alpha value is -0.970. The Morgan fingerprint density at radius 1 is 1.44 bits per heavy atom. The molecule has 1 saturated heterocycles. The van der Waals surface area contributed by atoms with Gasteiger partial charge in [0.25, 0.3) is 0 Å². The van der Waals surface area contributed by atoms with Gasteiger partial charge in [0.15, 0.2) is 0 Å². The first-order chi connectivity index (χ1) is 7.57. The molecule has 1 aromatic heterocycles. The van der Waals surface area contributed by atoms with E-state index in [0.29, 0.717) is 10.6 Å². The second-order valence-electron chi connectivity index (χ2n) is 4.63. The zero-order chi connectivity index (χ0) is 11.6. The van der Waals surface area contributed by atoms with Crippen LogP contribution >= 0.6 is 11.8 Å². The first kappa shape index (κ1) is 11.5. The van der Waals surface area contributed by atoms with Crippen LogP contribution in [0.2, 0.25) is 0 Å². The van der Waals surface area contributed by atoms with Gasteiger partial charge in [0, 0.05) is 29.8 Å². The topological polar surface area (TPSA) is 55.0 Å². The normalized spacial score (nSPS) is 20.5. The van der Waals surface area contributed by atoms with Gasteiger partial charge in [-0.3, -0.25) is 0 Å². The SMILES string of the molecule is CC1(C)CCN(c2nccc(N)n2)CCS1. The number of nitrogen functional groups attached to an aromatic ring is 1. The standard InChI is InChI=1S/C11H18N4S/c1-11(2)4-6-15(7-8-16-11)10-13-5-3-9(12)14-10/h3,5H,4,6-8H2,1-2H3,(H2,12,13,14). The fraction of sp³-hybridized carbons (Fsp3) is 0.636. The van der Waals surface area contributed by atoms with Crippen LogP contribution in [0.3, 0.4) is 0 Å². The number of hydrogen-bond acceptors (Lipinski definition) is 5. The lowest BCUT2D eigenvalue weighted by atomic mass is 10.1. The van der Waals surface area contributed by atoms with Crippen molar-refractivity contribution in [1.29, 1.82) is 0 Å². The minimum atomic E-state index is 0.356. The Morgan fingerprint density at radius 3 is 3.00 bits per heavy atom. The van der Waals surface area contributed by atoms with Crippen LogP contribution < -0.4 is 10.6 Å². The molecule has 5 heteroatoms. The van der Waals surface area contributed by atoms with Gasteiger partial charge in [0.05, 0.1) is 0 Å². The van der Waals surface area contributed by atoms with Gasteiger partial charge in [-0.1, -0.05) is 13.8 Å². The van der Waals surface area contributed by atoms with E-state index >= 15 is 0 Å². The number of anilines is 2. The molecule has 1 aliphatic rings. The molecule has 0 unspecified atom stereocenters. The van der Waals surface area contributed by atoms with Gasteiger partial charge in [-0.15, -0.1) is 0 Å². The highest BCUT2D eigenvalue weighted by Crippen LogP contribution is 2.31. The molecule has 0 spiro atoms. The second kappa shape index (κ2) is 4.49. The van der Waals surface area contributed by atoms with Crippen LogP contribution in [-0.2, 0) is 0 Å². The number of nitrogens with two attached hydrogens (primary N) is 1.